The van der Waals surface area contributed by atoms with Gasteiger partial charge in [-0.05, 0) is 38.0 Å². The molecule has 1 aromatic rings. The Morgan fingerprint density at radius 3 is 2.88 bits per heavy atom. The van der Waals surface area contributed by atoms with Crippen molar-refractivity contribution in [3.8, 4) is 11.8 Å². The molecule has 0 N–H and O–H groups in total. The standard InChI is InChI=1S/C13H14FNO/c1-3-16-12-5-4-9(6-11(12)14)10-7-13(10,2)8-15/h4-6,10H,3,7H2,1-2H3. The van der Waals surface area contributed by atoms with Gasteiger partial charge < -0.3 is 4.74 Å². The van der Waals surface area contributed by atoms with Crippen LogP contribution in [-0.4, -0.2) is 6.61 Å². The summed E-state index contributed by atoms with van der Waals surface area (Å²) in [6.45, 7) is 4.18. The summed E-state index contributed by atoms with van der Waals surface area (Å²) in [7, 11) is 0. The molecular formula is C13H14FNO. The van der Waals surface area contributed by atoms with E-state index < -0.39 is 0 Å². The highest BCUT2D eigenvalue weighted by atomic mass is 19.1. The second kappa shape index (κ2) is 3.79. The molecule has 0 aliphatic heterocycles. The van der Waals surface area contributed by atoms with E-state index in [0.717, 1.165) is 12.0 Å². The largest absolute Gasteiger partial charge is 0.491 e. The number of benzene rings is 1. The van der Waals surface area contributed by atoms with Crippen molar-refractivity contribution in [3.63, 3.8) is 0 Å². The minimum absolute atomic E-state index is 0.169. The van der Waals surface area contributed by atoms with E-state index >= 15 is 0 Å². The Hall–Kier alpha value is -1.56. The molecule has 3 heteroatoms. The molecule has 2 atom stereocenters. The monoisotopic (exact) mass is 219 g/mol. The van der Waals surface area contributed by atoms with Gasteiger partial charge in [0.15, 0.2) is 11.6 Å². The molecule has 1 aliphatic carbocycles. The summed E-state index contributed by atoms with van der Waals surface area (Å²) in [6.07, 6.45) is 0.816. The normalized spacial score (nSPS) is 27.2. The summed E-state index contributed by atoms with van der Waals surface area (Å²) in [4.78, 5) is 0. The third kappa shape index (κ3) is 1.76. The van der Waals surface area contributed by atoms with Crippen LogP contribution < -0.4 is 4.74 Å². The summed E-state index contributed by atoms with van der Waals surface area (Å²) in [5, 5.41) is 8.94. The number of nitrogens with zero attached hydrogens (tertiary/aromatic N) is 1. The maximum atomic E-state index is 13.6. The fourth-order valence-corrected chi connectivity index (χ4v) is 1.98. The van der Waals surface area contributed by atoms with E-state index in [4.69, 9.17) is 10.00 Å². The number of ether oxygens (including phenoxy) is 1. The van der Waals surface area contributed by atoms with Gasteiger partial charge in [0, 0.05) is 5.92 Å². The van der Waals surface area contributed by atoms with Crippen LogP contribution in [0.4, 0.5) is 4.39 Å². The van der Waals surface area contributed by atoms with E-state index in [2.05, 4.69) is 6.07 Å². The first-order valence-electron chi connectivity index (χ1n) is 5.44. The number of rotatable bonds is 3. The van der Waals surface area contributed by atoms with E-state index in [1.807, 2.05) is 19.9 Å². The van der Waals surface area contributed by atoms with Gasteiger partial charge in [-0.25, -0.2) is 4.39 Å². The van der Waals surface area contributed by atoms with Gasteiger partial charge in [0.05, 0.1) is 18.1 Å². The zero-order valence-electron chi connectivity index (χ0n) is 9.46. The number of hydrogen-bond donors (Lipinski definition) is 0. The third-order valence-corrected chi connectivity index (χ3v) is 3.15. The van der Waals surface area contributed by atoms with Crippen molar-refractivity contribution in [1.29, 1.82) is 5.26 Å². The highest BCUT2D eigenvalue weighted by Gasteiger charge is 2.51. The molecule has 0 radical (unpaired) electrons. The van der Waals surface area contributed by atoms with E-state index in [1.165, 1.54) is 6.07 Å². The van der Waals surface area contributed by atoms with Crippen molar-refractivity contribution in [3.05, 3.63) is 29.6 Å². The molecule has 2 unspecified atom stereocenters. The van der Waals surface area contributed by atoms with Crippen molar-refractivity contribution in [1.82, 2.24) is 0 Å². The zero-order valence-corrected chi connectivity index (χ0v) is 9.46. The minimum Gasteiger partial charge on any atom is -0.491 e. The first kappa shape index (κ1) is 10.9. The highest BCUT2D eigenvalue weighted by Crippen LogP contribution is 2.58. The number of nitriles is 1. The summed E-state index contributed by atoms with van der Waals surface area (Å²) in [6, 6.07) is 7.25. The molecule has 1 aromatic carbocycles. The molecule has 2 nitrogen and oxygen atoms in total. The van der Waals surface area contributed by atoms with Gasteiger partial charge in [0.1, 0.15) is 0 Å². The first-order chi connectivity index (χ1) is 7.60. The summed E-state index contributed by atoms with van der Waals surface area (Å²) in [5.41, 5.74) is 0.588. The van der Waals surface area contributed by atoms with Crippen molar-refractivity contribution in [2.24, 2.45) is 5.41 Å². The SMILES string of the molecule is CCOc1ccc(C2CC2(C)C#N)cc1F. The Bertz CT molecular complexity index is 452. The van der Waals surface area contributed by atoms with Gasteiger partial charge in [-0.3, -0.25) is 0 Å². The summed E-state index contributed by atoms with van der Waals surface area (Å²) >= 11 is 0. The lowest BCUT2D eigenvalue weighted by molar-refractivity contribution is 0.321. The molecule has 1 fully saturated rings. The van der Waals surface area contributed by atoms with Crippen molar-refractivity contribution in [2.45, 2.75) is 26.2 Å². The average Bonchev–Trinajstić information content (AvgIpc) is 2.95. The highest BCUT2D eigenvalue weighted by molar-refractivity contribution is 5.38. The molecule has 0 heterocycles. The molecule has 0 aromatic heterocycles. The van der Waals surface area contributed by atoms with Crippen LogP contribution in [0.2, 0.25) is 0 Å². The van der Waals surface area contributed by atoms with Crippen LogP contribution in [0.1, 0.15) is 31.7 Å². The van der Waals surface area contributed by atoms with Crippen LogP contribution in [0.15, 0.2) is 18.2 Å². The molecule has 84 valence electrons. The van der Waals surface area contributed by atoms with E-state index in [1.54, 1.807) is 6.07 Å². The van der Waals surface area contributed by atoms with Crippen LogP contribution in [0.5, 0.6) is 5.75 Å². The van der Waals surface area contributed by atoms with E-state index in [0.29, 0.717) is 6.61 Å². The second-order valence-corrected chi connectivity index (χ2v) is 4.41. The Balaban J connectivity index is 2.21. The van der Waals surface area contributed by atoms with Crippen LogP contribution in [-0.2, 0) is 0 Å². The first-order valence-corrected chi connectivity index (χ1v) is 5.44. The quantitative estimate of drug-likeness (QED) is 0.781. The van der Waals surface area contributed by atoms with Crippen LogP contribution in [0, 0.1) is 22.6 Å². The molecule has 0 saturated heterocycles. The van der Waals surface area contributed by atoms with Crippen molar-refractivity contribution in [2.75, 3.05) is 6.61 Å². The molecule has 0 spiro atoms. The topological polar surface area (TPSA) is 33.0 Å². The zero-order chi connectivity index (χ0) is 11.8. The van der Waals surface area contributed by atoms with Gasteiger partial charge in [0.25, 0.3) is 0 Å². The van der Waals surface area contributed by atoms with E-state index in [-0.39, 0.29) is 22.9 Å². The lowest BCUT2D eigenvalue weighted by Gasteiger charge is -2.07. The number of halogens is 1. The number of hydrogen-bond acceptors (Lipinski definition) is 2. The Morgan fingerprint density at radius 2 is 2.38 bits per heavy atom. The Morgan fingerprint density at radius 1 is 1.62 bits per heavy atom. The van der Waals surface area contributed by atoms with Gasteiger partial charge in [-0.15, -0.1) is 0 Å². The van der Waals surface area contributed by atoms with Gasteiger partial charge in [-0.1, -0.05) is 6.07 Å². The van der Waals surface area contributed by atoms with Crippen molar-refractivity contribution < 1.29 is 9.13 Å². The second-order valence-electron chi connectivity index (χ2n) is 4.41. The minimum atomic E-state index is -0.341. The molecule has 16 heavy (non-hydrogen) atoms. The molecular weight excluding hydrogens is 205 g/mol. The van der Waals surface area contributed by atoms with Gasteiger partial charge in [-0.2, -0.15) is 5.26 Å². The van der Waals surface area contributed by atoms with Gasteiger partial charge in [0.2, 0.25) is 0 Å². The van der Waals surface area contributed by atoms with E-state index in [9.17, 15) is 4.39 Å². The van der Waals surface area contributed by atoms with Crippen LogP contribution >= 0.6 is 0 Å². The average molecular weight is 219 g/mol. The fourth-order valence-electron chi connectivity index (χ4n) is 1.98. The molecule has 2 rings (SSSR count). The molecule has 0 bridgehead atoms. The Kier molecular flexibility index (Phi) is 2.59. The predicted molar refractivity (Wildman–Crippen MR) is 58.6 cm³/mol. The maximum Gasteiger partial charge on any atom is 0.165 e. The van der Waals surface area contributed by atoms with Crippen LogP contribution in [0.3, 0.4) is 0 Å². The predicted octanol–water partition coefficient (Wildman–Crippen LogP) is 3.24. The van der Waals surface area contributed by atoms with Gasteiger partial charge >= 0.3 is 0 Å². The lowest BCUT2D eigenvalue weighted by Crippen LogP contribution is -1.97. The smallest absolute Gasteiger partial charge is 0.165 e. The van der Waals surface area contributed by atoms with Crippen LogP contribution in [0.25, 0.3) is 0 Å². The lowest BCUT2D eigenvalue weighted by atomic mass is 10.0. The third-order valence-electron chi connectivity index (χ3n) is 3.15. The Labute approximate surface area is 94.7 Å². The fraction of sp³-hybridized carbons (Fsp3) is 0.462. The molecule has 1 aliphatic rings. The van der Waals surface area contributed by atoms with Crippen molar-refractivity contribution >= 4 is 0 Å². The molecule has 0 amide bonds. The molecule has 1 saturated carbocycles. The summed E-state index contributed by atoms with van der Waals surface area (Å²) in [5.74, 6) is 0.111. The maximum absolute atomic E-state index is 13.6. The summed E-state index contributed by atoms with van der Waals surface area (Å²) < 4.78 is 18.7.